The number of rotatable bonds is 4. The van der Waals surface area contributed by atoms with Crippen LogP contribution in [0.2, 0.25) is 0 Å². The molecule has 2 N–H and O–H groups in total. The fourth-order valence-corrected chi connectivity index (χ4v) is 2.89. The average molecular weight is 371 g/mol. The maximum absolute atomic E-state index is 11.4. The lowest BCUT2D eigenvalue weighted by Gasteiger charge is -1.98. The Kier molecular flexibility index (Phi) is 7.57. The molecule has 1 saturated heterocycles. The molecule has 1 aliphatic rings. The molecule has 6 nitrogen and oxygen atoms in total. The van der Waals surface area contributed by atoms with Gasteiger partial charge in [-0.25, -0.2) is 4.98 Å². The molecule has 0 radical (unpaired) electrons. The third-order valence-corrected chi connectivity index (χ3v) is 4.27. The molecular weight excluding hydrogens is 350 g/mol. The predicted molar refractivity (Wildman–Crippen MR) is 102 cm³/mol. The van der Waals surface area contributed by atoms with Gasteiger partial charge in [-0.2, -0.15) is 0 Å². The fraction of sp³-hybridized carbons (Fsp3) is 0.211. The Balaban J connectivity index is 0.000000290. The van der Waals surface area contributed by atoms with Gasteiger partial charge in [-0.15, -0.1) is 11.3 Å². The molecule has 136 valence electrons. The van der Waals surface area contributed by atoms with E-state index in [0.717, 1.165) is 23.6 Å². The highest BCUT2D eigenvalue weighted by atomic mass is 32.1. The van der Waals surface area contributed by atoms with Crippen LogP contribution >= 0.6 is 11.3 Å². The summed E-state index contributed by atoms with van der Waals surface area (Å²) in [5.74, 6) is 0.951. The zero-order valence-electron chi connectivity index (χ0n) is 14.5. The van der Waals surface area contributed by atoms with Crippen molar-refractivity contribution in [1.29, 1.82) is 0 Å². The second-order valence-electron chi connectivity index (χ2n) is 5.22. The summed E-state index contributed by atoms with van der Waals surface area (Å²) >= 11 is 1.49. The first-order chi connectivity index (χ1) is 12.6. The maximum Gasteiger partial charge on any atom is 0.270 e. The van der Waals surface area contributed by atoms with Gasteiger partial charge in [0, 0.05) is 31.5 Å². The normalized spacial score (nSPS) is 15.9. The SMILES string of the molecule is C=C/C=C1/OCC/C1=C/Cc1nc(C(=O)NC)cs1.Oc1cccnc1. The third kappa shape index (κ3) is 5.86. The minimum atomic E-state index is -0.147. The van der Waals surface area contributed by atoms with Crippen molar-refractivity contribution in [3.05, 3.63) is 76.7 Å². The van der Waals surface area contributed by atoms with Crippen molar-refractivity contribution in [3.8, 4) is 5.75 Å². The quantitative estimate of drug-likeness (QED) is 0.862. The molecule has 1 amide bonds. The summed E-state index contributed by atoms with van der Waals surface area (Å²) in [6.07, 6.45) is 10.3. The Morgan fingerprint density at radius 2 is 2.38 bits per heavy atom. The van der Waals surface area contributed by atoms with Crippen molar-refractivity contribution >= 4 is 17.2 Å². The molecule has 0 saturated carbocycles. The van der Waals surface area contributed by atoms with Crippen LogP contribution in [-0.2, 0) is 11.2 Å². The lowest BCUT2D eigenvalue weighted by atomic mass is 10.1. The van der Waals surface area contributed by atoms with Crippen LogP contribution in [0.25, 0.3) is 0 Å². The zero-order valence-corrected chi connectivity index (χ0v) is 15.3. The van der Waals surface area contributed by atoms with Crippen LogP contribution in [0.3, 0.4) is 0 Å². The van der Waals surface area contributed by atoms with Crippen LogP contribution in [0.5, 0.6) is 5.75 Å². The monoisotopic (exact) mass is 371 g/mol. The number of aromatic hydroxyl groups is 1. The lowest BCUT2D eigenvalue weighted by molar-refractivity contribution is 0.0958. The van der Waals surface area contributed by atoms with E-state index in [9.17, 15) is 4.79 Å². The van der Waals surface area contributed by atoms with Gasteiger partial charge in [0.05, 0.1) is 17.8 Å². The molecule has 26 heavy (non-hydrogen) atoms. The van der Waals surface area contributed by atoms with Crippen LogP contribution in [0, 0.1) is 0 Å². The average Bonchev–Trinajstić information content (AvgIpc) is 3.30. The summed E-state index contributed by atoms with van der Waals surface area (Å²) in [6.45, 7) is 4.39. The summed E-state index contributed by atoms with van der Waals surface area (Å²) in [5.41, 5.74) is 1.65. The summed E-state index contributed by atoms with van der Waals surface area (Å²) in [6, 6.07) is 3.25. The first-order valence-corrected chi connectivity index (χ1v) is 8.92. The minimum Gasteiger partial charge on any atom is -0.506 e. The van der Waals surface area contributed by atoms with Crippen LogP contribution < -0.4 is 5.32 Å². The van der Waals surface area contributed by atoms with Crippen LogP contribution in [-0.4, -0.2) is 34.6 Å². The Hall–Kier alpha value is -2.93. The summed E-state index contributed by atoms with van der Waals surface area (Å²) in [7, 11) is 1.60. The molecule has 1 aliphatic heterocycles. The van der Waals surface area contributed by atoms with Gasteiger partial charge < -0.3 is 15.2 Å². The van der Waals surface area contributed by atoms with Crippen LogP contribution in [0.4, 0.5) is 0 Å². The number of aromatic nitrogens is 2. The number of pyridine rings is 1. The van der Waals surface area contributed by atoms with Gasteiger partial charge in [0.25, 0.3) is 5.91 Å². The number of hydrogen-bond acceptors (Lipinski definition) is 6. The van der Waals surface area contributed by atoms with Crippen molar-refractivity contribution in [1.82, 2.24) is 15.3 Å². The fourth-order valence-electron chi connectivity index (χ4n) is 2.15. The van der Waals surface area contributed by atoms with Crippen molar-refractivity contribution < 1.29 is 14.6 Å². The van der Waals surface area contributed by atoms with E-state index >= 15 is 0 Å². The molecule has 0 aromatic carbocycles. The standard InChI is InChI=1S/C14H16N2O2S.C5H5NO/c1-3-4-12-10(7-8-18-12)5-6-13-16-11(9-19-13)14(17)15-2;7-5-2-1-3-6-4-5/h3-5,9H,1,6-8H2,2H3,(H,15,17);1-4,7H/b10-5-,12-4+;. The molecule has 0 unspecified atom stereocenters. The van der Waals surface area contributed by atoms with Gasteiger partial charge in [-0.05, 0) is 23.8 Å². The zero-order chi connectivity index (χ0) is 18.8. The number of thiazole rings is 1. The molecule has 3 heterocycles. The second-order valence-corrected chi connectivity index (χ2v) is 6.16. The molecule has 0 bridgehead atoms. The predicted octanol–water partition coefficient (Wildman–Crippen LogP) is 3.25. The van der Waals surface area contributed by atoms with E-state index in [-0.39, 0.29) is 11.7 Å². The molecule has 7 heteroatoms. The Morgan fingerprint density at radius 3 is 3.00 bits per heavy atom. The highest BCUT2D eigenvalue weighted by Crippen LogP contribution is 2.24. The summed E-state index contributed by atoms with van der Waals surface area (Å²) in [5, 5.41) is 13.8. The first kappa shape index (κ1) is 19.4. The molecular formula is C19H21N3O3S. The number of nitrogens with zero attached hydrogens (tertiary/aromatic N) is 2. The van der Waals surface area contributed by atoms with Gasteiger partial charge >= 0.3 is 0 Å². The highest BCUT2D eigenvalue weighted by molar-refractivity contribution is 7.09. The maximum atomic E-state index is 11.4. The Bertz CT molecular complexity index is 797. The summed E-state index contributed by atoms with van der Waals surface area (Å²) in [4.78, 5) is 19.3. The molecule has 3 rings (SSSR count). The van der Waals surface area contributed by atoms with Gasteiger partial charge in [0.1, 0.15) is 17.2 Å². The van der Waals surface area contributed by atoms with E-state index in [1.165, 1.54) is 23.1 Å². The van der Waals surface area contributed by atoms with Crippen molar-refractivity contribution in [2.45, 2.75) is 12.8 Å². The number of allylic oxidation sites excluding steroid dienone is 4. The molecule has 1 fully saturated rings. The number of hydrogen-bond donors (Lipinski definition) is 2. The van der Waals surface area contributed by atoms with E-state index in [1.54, 1.807) is 36.8 Å². The topological polar surface area (TPSA) is 84.3 Å². The van der Waals surface area contributed by atoms with Gasteiger partial charge in [-0.3, -0.25) is 9.78 Å². The smallest absolute Gasteiger partial charge is 0.270 e. The number of carbonyl (C=O) groups excluding carboxylic acids is 1. The Labute approximate surface area is 156 Å². The van der Waals surface area contributed by atoms with Gasteiger partial charge in [-0.1, -0.05) is 18.7 Å². The van der Waals surface area contributed by atoms with E-state index in [1.807, 2.05) is 6.08 Å². The second kappa shape index (κ2) is 10.1. The van der Waals surface area contributed by atoms with Crippen molar-refractivity contribution in [2.75, 3.05) is 13.7 Å². The molecule has 0 aliphatic carbocycles. The number of nitrogens with one attached hydrogen (secondary N) is 1. The summed E-state index contributed by atoms with van der Waals surface area (Å²) < 4.78 is 5.50. The van der Waals surface area contributed by atoms with Crippen LogP contribution in [0.1, 0.15) is 21.9 Å². The number of ether oxygens (including phenoxy) is 1. The molecule has 2 aromatic rings. The molecule has 0 atom stereocenters. The van der Waals surface area contributed by atoms with Crippen molar-refractivity contribution in [3.63, 3.8) is 0 Å². The van der Waals surface area contributed by atoms with E-state index in [2.05, 4.69) is 27.9 Å². The minimum absolute atomic E-state index is 0.147. The first-order valence-electron chi connectivity index (χ1n) is 8.04. The van der Waals surface area contributed by atoms with E-state index in [0.29, 0.717) is 12.3 Å². The Morgan fingerprint density at radius 1 is 1.54 bits per heavy atom. The third-order valence-electron chi connectivity index (χ3n) is 3.40. The molecule has 0 spiro atoms. The number of amides is 1. The van der Waals surface area contributed by atoms with Crippen molar-refractivity contribution in [2.24, 2.45) is 0 Å². The lowest BCUT2D eigenvalue weighted by Crippen LogP contribution is -2.18. The van der Waals surface area contributed by atoms with E-state index < -0.39 is 0 Å². The molecule has 2 aromatic heterocycles. The van der Waals surface area contributed by atoms with Crippen LogP contribution in [0.15, 0.2) is 66.0 Å². The van der Waals surface area contributed by atoms with Gasteiger partial charge in [0.2, 0.25) is 0 Å². The van der Waals surface area contributed by atoms with E-state index in [4.69, 9.17) is 9.84 Å². The number of carbonyl (C=O) groups is 1. The van der Waals surface area contributed by atoms with Gasteiger partial charge in [0.15, 0.2) is 0 Å². The highest BCUT2D eigenvalue weighted by Gasteiger charge is 2.14. The largest absolute Gasteiger partial charge is 0.506 e.